The number of hydrogen-bond acceptors (Lipinski definition) is 2. The van der Waals surface area contributed by atoms with Crippen molar-refractivity contribution >= 4 is 14.4 Å². The summed E-state index contributed by atoms with van der Waals surface area (Å²) < 4.78 is 0. The van der Waals surface area contributed by atoms with E-state index in [1.165, 1.54) is 30.4 Å². The first-order valence-electron chi connectivity index (χ1n) is 11.6. The molecule has 168 valence electrons. The molecular weight excluding hydrogens is 384 g/mol. The van der Waals surface area contributed by atoms with Gasteiger partial charge in [-0.3, -0.25) is 0 Å². The molecule has 1 atom stereocenters. The van der Waals surface area contributed by atoms with Crippen molar-refractivity contribution in [1.29, 1.82) is 0 Å². The van der Waals surface area contributed by atoms with Gasteiger partial charge in [-0.1, -0.05) is 63.6 Å². The van der Waals surface area contributed by atoms with Gasteiger partial charge in [0, 0.05) is 0 Å². The highest BCUT2D eigenvalue weighted by molar-refractivity contribution is 6.72. The molecule has 0 bridgehead atoms. The van der Waals surface area contributed by atoms with E-state index in [1.54, 1.807) is 0 Å². The van der Waals surface area contributed by atoms with Gasteiger partial charge in [0.1, 0.15) is 0 Å². The summed E-state index contributed by atoms with van der Waals surface area (Å²) in [7, 11) is -2.21. The summed E-state index contributed by atoms with van der Waals surface area (Å²) in [4.78, 5) is 10.5. The zero-order valence-corrected chi connectivity index (χ0v) is 21.6. The van der Waals surface area contributed by atoms with E-state index in [0.29, 0.717) is 6.42 Å². The third-order valence-electron chi connectivity index (χ3n) is 7.62. The van der Waals surface area contributed by atoms with Gasteiger partial charge in [-0.15, -0.1) is 0 Å². The van der Waals surface area contributed by atoms with Gasteiger partial charge >= 0.3 is 0 Å². The molecule has 30 heavy (non-hydrogen) atoms. The van der Waals surface area contributed by atoms with Crippen LogP contribution in [0.5, 0.6) is 0 Å². The molecule has 0 saturated heterocycles. The molecule has 1 aliphatic rings. The Labute approximate surface area is 186 Å². The van der Waals surface area contributed by atoms with Crippen molar-refractivity contribution in [1.82, 2.24) is 0 Å². The molecule has 1 aromatic rings. The molecule has 0 amide bonds. The fraction of sp³-hybridized carbons (Fsp3) is 0.630. The van der Waals surface area contributed by atoms with Gasteiger partial charge in [0.15, 0.2) is 8.32 Å². The summed E-state index contributed by atoms with van der Waals surface area (Å²) in [6.07, 6.45) is 10.7. The van der Waals surface area contributed by atoms with Gasteiger partial charge in [-0.2, -0.15) is 0 Å². The van der Waals surface area contributed by atoms with Crippen LogP contribution in [0.1, 0.15) is 91.2 Å². The summed E-state index contributed by atoms with van der Waals surface area (Å²) >= 11 is 0. The first-order chi connectivity index (χ1) is 13.7. The van der Waals surface area contributed by atoms with Crippen LogP contribution >= 0.6 is 0 Å². The van der Waals surface area contributed by atoms with E-state index in [2.05, 4.69) is 58.9 Å². The standard InChI is InChI=1S/C27H44O2Si/c1-21-12-10-17-25(2,3)24(21)16-15-22-13-9-14-23(20-22)27(6,28)19-11-18-26(4,5)30(7,8)29/h9,13-16,20,28-29H,10-12,17-19H2,1-8H3. The molecule has 3 heteroatoms. The molecule has 1 unspecified atom stereocenters. The van der Waals surface area contributed by atoms with E-state index in [1.807, 2.05) is 32.2 Å². The molecule has 0 saturated carbocycles. The van der Waals surface area contributed by atoms with Crippen LogP contribution in [0.2, 0.25) is 18.1 Å². The maximum atomic E-state index is 11.2. The average Bonchev–Trinajstić information content (AvgIpc) is 2.59. The lowest BCUT2D eigenvalue weighted by Gasteiger charge is -2.36. The van der Waals surface area contributed by atoms with Crippen molar-refractivity contribution in [3.8, 4) is 0 Å². The van der Waals surface area contributed by atoms with E-state index in [9.17, 15) is 9.90 Å². The van der Waals surface area contributed by atoms with E-state index >= 15 is 0 Å². The third-order valence-corrected chi connectivity index (χ3v) is 11.2. The van der Waals surface area contributed by atoms with Gasteiger partial charge in [0.05, 0.1) is 5.60 Å². The zero-order valence-electron chi connectivity index (χ0n) is 20.6. The van der Waals surface area contributed by atoms with E-state index in [-0.39, 0.29) is 10.5 Å². The Morgan fingerprint density at radius 3 is 2.37 bits per heavy atom. The molecule has 0 aliphatic heterocycles. The highest BCUT2D eigenvalue weighted by Crippen LogP contribution is 2.42. The zero-order chi connectivity index (χ0) is 22.8. The minimum Gasteiger partial charge on any atom is -0.432 e. The van der Waals surface area contributed by atoms with Gasteiger partial charge < -0.3 is 9.90 Å². The van der Waals surface area contributed by atoms with Crippen LogP contribution in [-0.2, 0) is 5.60 Å². The Kier molecular flexibility index (Phi) is 7.65. The summed E-state index contributed by atoms with van der Waals surface area (Å²) in [5.41, 5.74) is 4.45. The summed E-state index contributed by atoms with van der Waals surface area (Å²) in [6, 6.07) is 8.32. The summed E-state index contributed by atoms with van der Waals surface area (Å²) in [5, 5.41) is 11.1. The predicted molar refractivity (Wildman–Crippen MR) is 133 cm³/mol. The molecule has 0 spiro atoms. The fourth-order valence-electron chi connectivity index (χ4n) is 4.49. The first-order valence-corrected chi connectivity index (χ1v) is 14.5. The first kappa shape index (κ1) is 25.1. The Morgan fingerprint density at radius 1 is 1.10 bits per heavy atom. The average molecular weight is 429 g/mol. The summed E-state index contributed by atoms with van der Waals surface area (Å²) in [6.45, 7) is 17.2. The predicted octanol–water partition coefficient (Wildman–Crippen LogP) is 7.58. The molecule has 0 heterocycles. The van der Waals surface area contributed by atoms with Crippen LogP contribution in [-0.4, -0.2) is 18.2 Å². The third kappa shape index (κ3) is 6.18. The maximum Gasteiger partial charge on any atom is 0.188 e. The molecule has 2 N–H and O–H groups in total. The number of aliphatic hydroxyl groups is 1. The highest BCUT2D eigenvalue weighted by atomic mass is 28.4. The molecular formula is C27H44O2Si. The number of hydrogen-bond donors (Lipinski definition) is 2. The van der Waals surface area contributed by atoms with Crippen molar-refractivity contribution < 1.29 is 9.90 Å². The van der Waals surface area contributed by atoms with Crippen LogP contribution in [0.15, 0.2) is 41.5 Å². The Morgan fingerprint density at radius 2 is 1.77 bits per heavy atom. The lowest BCUT2D eigenvalue weighted by molar-refractivity contribution is 0.0440. The second-order valence-electron chi connectivity index (χ2n) is 11.5. The largest absolute Gasteiger partial charge is 0.432 e. The van der Waals surface area contributed by atoms with Crippen molar-refractivity contribution in [3.05, 3.63) is 52.6 Å². The normalized spacial score (nSPS) is 19.9. The lowest BCUT2D eigenvalue weighted by atomic mass is 9.72. The number of benzene rings is 1. The van der Waals surface area contributed by atoms with Crippen LogP contribution in [0.3, 0.4) is 0 Å². The molecule has 0 radical (unpaired) electrons. The minimum atomic E-state index is -2.21. The molecule has 0 aromatic heterocycles. The van der Waals surface area contributed by atoms with Crippen LogP contribution < -0.4 is 0 Å². The second-order valence-corrected chi connectivity index (χ2v) is 15.9. The van der Waals surface area contributed by atoms with E-state index in [0.717, 1.165) is 24.0 Å². The van der Waals surface area contributed by atoms with E-state index in [4.69, 9.17) is 0 Å². The topological polar surface area (TPSA) is 40.5 Å². The van der Waals surface area contributed by atoms with Crippen molar-refractivity contribution in [3.63, 3.8) is 0 Å². The molecule has 2 nitrogen and oxygen atoms in total. The SMILES string of the molecule is CC1=C(C=Cc2cccc(C(C)(O)CCCC(C)(C)[Si](C)(C)O)c2)C(C)(C)CCC1. The smallest absolute Gasteiger partial charge is 0.188 e. The van der Waals surface area contributed by atoms with Crippen LogP contribution in [0, 0.1) is 5.41 Å². The summed E-state index contributed by atoms with van der Waals surface area (Å²) in [5.74, 6) is 0. The number of allylic oxidation sites excluding steroid dienone is 3. The molecule has 2 rings (SSSR count). The number of rotatable bonds is 8. The Balaban J connectivity index is 2.12. The van der Waals surface area contributed by atoms with Crippen molar-refractivity contribution in [2.24, 2.45) is 5.41 Å². The fourth-order valence-corrected chi connectivity index (χ4v) is 5.28. The monoisotopic (exact) mass is 428 g/mol. The van der Waals surface area contributed by atoms with Crippen molar-refractivity contribution in [2.75, 3.05) is 0 Å². The molecule has 1 aliphatic carbocycles. The van der Waals surface area contributed by atoms with Crippen molar-refractivity contribution in [2.45, 2.75) is 104 Å². The Bertz CT molecular complexity index is 791. The highest BCUT2D eigenvalue weighted by Gasteiger charge is 2.38. The van der Waals surface area contributed by atoms with E-state index < -0.39 is 13.9 Å². The quantitative estimate of drug-likeness (QED) is 0.419. The van der Waals surface area contributed by atoms with Crippen LogP contribution in [0.25, 0.3) is 6.08 Å². The lowest BCUT2D eigenvalue weighted by Crippen LogP contribution is -2.39. The maximum absolute atomic E-state index is 11.2. The molecule has 1 aromatic carbocycles. The minimum absolute atomic E-state index is 0.0496. The van der Waals surface area contributed by atoms with Crippen LogP contribution in [0.4, 0.5) is 0 Å². The molecule has 0 fully saturated rings. The van der Waals surface area contributed by atoms with Gasteiger partial charge in [-0.25, -0.2) is 0 Å². The Hall–Kier alpha value is -1.16. The van der Waals surface area contributed by atoms with Gasteiger partial charge in [0.2, 0.25) is 0 Å². The second kappa shape index (κ2) is 9.14. The van der Waals surface area contributed by atoms with Gasteiger partial charge in [-0.05, 0) is 98.7 Å². The van der Waals surface area contributed by atoms with Gasteiger partial charge in [0.25, 0.3) is 0 Å².